The number of benzene rings is 1. The molecule has 0 spiro atoms. The van der Waals surface area contributed by atoms with Crippen LogP contribution in [0.2, 0.25) is 0 Å². The number of hydroxylamine groups is 1. The van der Waals surface area contributed by atoms with E-state index in [1.807, 2.05) is 17.8 Å². The molecule has 0 bridgehead atoms. The van der Waals surface area contributed by atoms with E-state index in [4.69, 9.17) is 5.21 Å². The number of rotatable bonds is 10. The van der Waals surface area contributed by atoms with E-state index < -0.39 is 0 Å². The third kappa shape index (κ3) is 7.13. The molecule has 154 valence electrons. The van der Waals surface area contributed by atoms with Gasteiger partial charge in [-0.15, -0.1) is 0 Å². The van der Waals surface area contributed by atoms with E-state index in [-0.39, 0.29) is 0 Å². The highest BCUT2D eigenvalue weighted by Crippen LogP contribution is 2.32. The summed E-state index contributed by atoms with van der Waals surface area (Å²) >= 11 is 0. The van der Waals surface area contributed by atoms with Crippen molar-refractivity contribution >= 4 is 17.6 Å². The lowest BCUT2D eigenvalue weighted by molar-refractivity contribution is 0.205. The van der Waals surface area contributed by atoms with Crippen LogP contribution in [-0.4, -0.2) is 49.0 Å². The molecule has 0 saturated carbocycles. The van der Waals surface area contributed by atoms with Gasteiger partial charge in [0, 0.05) is 19.3 Å². The normalized spacial score (nSPS) is 14.0. The molecular formula is C23H36N4O. The lowest BCUT2D eigenvalue weighted by atomic mass is 9.92. The number of nitrogens with one attached hydrogen (secondary N) is 1. The Hall–Kier alpha value is -2.11. The number of fused-ring (bicyclic) bond motifs is 1. The second-order valence-electron chi connectivity index (χ2n) is 8.57. The van der Waals surface area contributed by atoms with Crippen molar-refractivity contribution in [1.82, 2.24) is 10.4 Å². The minimum atomic E-state index is 0.377. The summed E-state index contributed by atoms with van der Waals surface area (Å²) in [5.74, 6) is 0. The van der Waals surface area contributed by atoms with Crippen LogP contribution in [0, 0.1) is 5.41 Å². The summed E-state index contributed by atoms with van der Waals surface area (Å²) in [6.45, 7) is 18.0. The third-order valence-electron chi connectivity index (χ3n) is 5.04. The van der Waals surface area contributed by atoms with Crippen molar-refractivity contribution in [2.24, 2.45) is 10.4 Å². The first-order valence-electron chi connectivity index (χ1n) is 10.2. The zero-order valence-electron chi connectivity index (χ0n) is 17.9. The van der Waals surface area contributed by atoms with Crippen LogP contribution in [0.1, 0.15) is 39.7 Å². The highest BCUT2D eigenvalue weighted by atomic mass is 16.5. The molecule has 1 aliphatic heterocycles. The molecule has 2 rings (SSSR count). The van der Waals surface area contributed by atoms with E-state index in [1.54, 1.807) is 6.08 Å². The monoisotopic (exact) mass is 384 g/mol. The van der Waals surface area contributed by atoms with Crippen molar-refractivity contribution < 1.29 is 5.21 Å². The Morgan fingerprint density at radius 2 is 2.14 bits per heavy atom. The minimum absolute atomic E-state index is 0.377. The fourth-order valence-corrected chi connectivity index (χ4v) is 3.17. The van der Waals surface area contributed by atoms with Gasteiger partial charge in [0.05, 0.1) is 23.6 Å². The molecule has 0 radical (unpaired) electrons. The Labute approximate surface area is 170 Å². The van der Waals surface area contributed by atoms with E-state index >= 15 is 0 Å². The lowest BCUT2D eigenvalue weighted by Crippen LogP contribution is -2.38. The standard InChI is InChI=1S/C23H36N4O/c1-6-26(14-12-23(3,4)5)16-17-27-15-13-24-21-18-20(10-11-22(21)27)9-7-8-19(2)25-28/h7-8,10-11,13,18,25,28H,2,6,9,12,14-17H2,1,3-5H3/b8-7+. The predicted molar refractivity (Wildman–Crippen MR) is 120 cm³/mol. The smallest absolute Gasteiger partial charge is 0.0862 e. The molecular weight excluding hydrogens is 348 g/mol. The van der Waals surface area contributed by atoms with Crippen molar-refractivity contribution in [2.45, 2.75) is 40.5 Å². The highest BCUT2D eigenvalue weighted by Gasteiger charge is 2.17. The molecule has 0 atom stereocenters. The Morgan fingerprint density at radius 1 is 1.36 bits per heavy atom. The van der Waals surface area contributed by atoms with Gasteiger partial charge in [-0.05, 0) is 55.1 Å². The number of nitrogens with zero attached hydrogens (tertiary/aromatic N) is 3. The first-order chi connectivity index (χ1) is 13.3. The average molecular weight is 385 g/mol. The van der Waals surface area contributed by atoms with Crippen LogP contribution in [-0.2, 0) is 6.42 Å². The largest absolute Gasteiger partial charge is 0.363 e. The van der Waals surface area contributed by atoms with Crippen molar-refractivity contribution in [3.63, 3.8) is 0 Å². The first-order valence-corrected chi connectivity index (χ1v) is 10.2. The molecule has 0 fully saturated rings. The second-order valence-corrected chi connectivity index (χ2v) is 8.57. The SMILES string of the molecule is C=C(/C=C/Cc1ccc2c(c1)N=CCN2CCN(CC)CCC(C)(C)C)NO. The van der Waals surface area contributed by atoms with E-state index in [0.717, 1.165) is 44.8 Å². The molecule has 0 saturated heterocycles. The molecule has 5 nitrogen and oxygen atoms in total. The Morgan fingerprint density at radius 3 is 2.82 bits per heavy atom. The van der Waals surface area contributed by atoms with Crippen LogP contribution in [0.5, 0.6) is 0 Å². The van der Waals surface area contributed by atoms with Crippen molar-refractivity contribution in [3.8, 4) is 0 Å². The van der Waals surface area contributed by atoms with E-state index in [0.29, 0.717) is 11.1 Å². The average Bonchev–Trinajstić information content (AvgIpc) is 2.67. The number of hydrogen-bond donors (Lipinski definition) is 2. The second kappa shape index (κ2) is 10.4. The van der Waals surface area contributed by atoms with Crippen molar-refractivity contribution in [1.29, 1.82) is 0 Å². The molecule has 0 unspecified atom stereocenters. The summed E-state index contributed by atoms with van der Waals surface area (Å²) in [7, 11) is 0. The minimum Gasteiger partial charge on any atom is -0.363 e. The van der Waals surface area contributed by atoms with E-state index in [9.17, 15) is 0 Å². The number of aliphatic imine (C=N–C) groups is 1. The molecule has 1 aromatic carbocycles. The van der Waals surface area contributed by atoms with Crippen LogP contribution < -0.4 is 10.4 Å². The van der Waals surface area contributed by atoms with Crippen LogP contribution in [0.25, 0.3) is 0 Å². The summed E-state index contributed by atoms with van der Waals surface area (Å²) in [5.41, 5.74) is 6.34. The quantitative estimate of drug-likeness (QED) is 0.459. The maximum absolute atomic E-state index is 8.77. The summed E-state index contributed by atoms with van der Waals surface area (Å²) < 4.78 is 0. The summed E-state index contributed by atoms with van der Waals surface area (Å²) in [4.78, 5) is 9.56. The van der Waals surface area contributed by atoms with Crippen LogP contribution >= 0.6 is 0 Å². The van der Waals surface area contributed by atoms with Gasteiger partial charge in [-0.3, -0.25) is 15.7 Å². The maximum atomic E-state index is 8.77. The van der Waals surface area contributed by atoms with Gasteiger partial charge in [-0.25, -0.2) is 0 Å². The zero-order valence-corrected chi connectivity index (χ0v) is 17.9. The fourth-order valence-electron chi connectivity index (χ4n) is 3.17. The van der Waals surface area contributed by atoms with E-state index in [2.05, 4.69) is 67.3 Å². The number of allylic oxidation sites excluding steroid dienone is 2. The summed E-state index contributed by atoms with van der Waals surface area (Å²) in [5, 5.41) is 8.77. The van der Waals surface area contributed by atoms with Gasteiger partial charge in [0.2, 0.25) is 0 Å². The topological polar surface area (TPSA) is 51.1 Å². The molecule has 0 aliphatic carbocycles. The van der Waals surface area contributed by atoms with Gasteiger partial charge in [0.25, 0.3) is 0 Å². The predicted octanol–water partition coefficient (Wildman–Crippen LogP) is 4.56. The summed E-state index contributed by atoms with van der Waals surface area (Å²) in [6.07, 6.45) is 7.75. The number of hydrogen-bond acceptors (Lipinski definition) is 5. The maximum Gasteiger partial charge on any atom is 0.0862 e. The molecule has 1 aromatic rings. The molecule has 5 heteroatoms. The highest BCUT2D eigenvalue weighted by molar-refractivity contribution is 5.82. The van der Waals surface area contributed by atoms with Gasteiger partial charge < -0.3 is 9.80 Å². The van der Waals surface area contributed by atoms with Crippen molar-refractivity contribution in [2.75, 3.05) is 37.6 Å². The number of anilines is 1. The van der Waals surface area contributed by atoms with Crippen LogP contribution in [0.15, 0.2) is 47.6 Å². The molecule has 1 heterocycles. The first kappa shape index (κ1) is 22.2. The zero-order chi connectivity index (χ0) is 20.6. The number of likely N-dealkylation sites (N-methyl/N-ethyl adjacent to an activating group) is 1. The van der Waals surface area contributed by atoms with E-state index in [1.165, 1.54) is 17.7 Å². The van der Waals surface area contributed by atoms with Gasteiger partial charge in [-0.1, -0.05) is 46.4 Å². The Balaban J connectivity index is 1.96. The van der Waals surface area contributed by atoms with Gasteiger partial charge >= 0.3 is 0 Å². The third-order valence-corrected chi connectivity index (χ3v) is 5.04. The van der Waals surface area contributed by atoms with Crippen molar-refractivity contribution in [3.05, 3.63) is 48.2 Å². The molecule has 28 heavy (non-hydrogen) atoms. The Bertz CT molecular complexity index is 703. The Kier molecular flexibility index (Phi) is 8.27. The van der Waals surface area contributed by atoms with Gasteiger partial charge in [0.15, 0.2) is 0 Å². The lowest BCUT2D eigenvalue weighted by Gasteiger charge is -2.31. The van der Waals surface area contributed by atoms with Gasteiger partial charge in [0.1, 0.15) is 0 Å². The molecule has 0 amide bonds. The van der Waals surface area contributed by atoms with Crippen LogP contribution in [0.4, 0.5) is 11.4 Å². The van der Waals surface area contributed by atoms with Crippen LogP contribution in [0.3, 0.4) is 0 Å². The molecule has 1 aliphatic rings. The molecule has 2 N–H and O–H groups in total. The van der Waals surface area contributed by atoms with Gasteiger partial charge in [-0.2, -0.15) is 0 Å². The molecule has 0 aromatic heterocycles. The summed E-state index contributed by atoms with van der Waals surface area (Å²) in [6, 6.07) is 6.48. The fraction of sp³-hybridized carbons (Fsp3) is 0.522.